The smallest absolute Gasteiger partial charge is 0.462 e. The van der Waals surface area contributed by atoms with E-state index in [9.17, 15) is 28.9 Å². The summed E-state index contributed by atoms with van der Waals surface area (Å²) in [5.74, 6) is -1.59. The lowest BCUT2D eigenvalue weighted by Gasteiger charge is -2.21. The van der Waals surface area contributed by atoms with Gasteiger partial charge in [0, 0.05) is 19.3 Å². The first-order chi connectivity index (χ1) is 31.2. The monoisotopic (exact) mass is 921 g/mol. The molecule has 0 fully saturated rings. The zero-order valence-corrected chi connectivity index (χ0v) is 41.1. The van der Waals surface area contributed by atoms with E-state index in [2.05, 4.69) is 81.5 Å². The van der Waals surface area contributed by atoms with Gasteiger partial charge in [0.2, 0.25) is 0 Å². The van der Waals surface area contributed by atoms with Crippen molar-refractivity contribution in [3.8, 4) is 0 Å². The van der Waals surface area contributed by atoms with Crippen molar-refractivity contribution in [2.24, 2.45) is 0 Å². The summed E-state index contributed by atoms with van der Waals surface area (Å²) in [7, 11) is -4.76. The molecule has 0 rings (SSSR count). The Morgan fingerprint density at radius 3 is 1.39 bits per heavy atom. The number of esters is 3. The molecule has 368 valence electrons. The summed E-state index contributed by atoms with van der Waals surface area (Å²) < 4.78 is 39.1. The maximum atomic E-state index is 12.8. The van der Waals surface area contributed by atoms with Gasteiger partial charge in [0.1, 0.15) is 12.7 Å². The van der Waals surface area contributed by atoms with Crippen LogP contribution in [0.3, 0.4) is 0 Å². The lowest BCUT2D eigenvalue weighted by molar-refractivity contribution is -0.161. The third kappa shape index (κ3) is 44.1. The van der Waals surface area contributed by atoms with Gasteiger partial charge in [0.15, 0.2) is 6.10 Å². The van der Waals surface area contributed by atoms with Crippen LogP contribution in [0.1, 0.15) is 201 Å². The molecule has 2 N–H and O–H groups in total. The van der Waals surface area contributed by atoms with Gasteiger partial charge in [-0.25, -0.2) is 4.57 Å². The maximum absolute atomic E-state index is 12.8. The van der Waals surface area contributed by atoms with Gasteiger partial charge in [-0.3, -0.25) is 23.4 Å². The molecule has 3 atom stereocenters. The fourth-order valence-corrected chi connectivity index (χ4v) is 7.07. The molecule has 0 heterocycles. The zero-order valence-electron chi connectivity index (χ0n) is 40.2. The van der Waals surface area contributed by atoms with Crippen LogP contribution < -0.4 is 0 Å². The first-order valence-corrected chi connectivity index (χ1v) is 26.3. The van der Waals surface area contributed by atoms with Crippen molar-refractivity contribution in [3.05, 3.63) is 72.9 Å². The van der Waals surface area contributed by atoms with Crippen molar-refractivity contribution >= 4 is 25.7 Å². The number of ether oxygens (including phenoxy) is 3. The molecule has 0 spiro atoms. The van der Waals surface area contributed by atoms with E-state index in [0.29, 0.717) is 19.3 Å². The summed E-state index contributed by atoms with van der Waals surface area (Å²) in [4.78, 5) is 48.1. The van der Waals surface area contributed by atoms with Crippen LogP contribution in [-0.2, 0) is 42.2 Å². The third-order valence-electron chi connectivity index (χ3n) is 10.1. The topological polar surface area (TPSA) is 155 Å². The molecule has 64 heavy (non-hydrogen) atoms. The molecule has 0 aliphatic heterocycles. The number of allylic oxidation sites excluding steroid dienone is 12. The number of rotatable bonds is 45. The Balaban J connectivity index is 4.83. The molecule has 3 unspecified atom stereocenters. The number of aliphatic hydroxyl groups excluding tert-OH is 1. The lowest BCUT2D eigenvalue weighted by atomic mass is 10.1. The van der Waals surface area contributed by atoms with Crippen LogP contribution >= 0.6 is 7.82 Å². The van der Waals surface area contributed by atoms with E-state index in [1.165, 1.54) is 38.5 Å². The minimum atomic E-state index is -4.76. The highest BCUT2D eigenvalue weighted by Crippen LogP contribution is 2.43. The SMILES string of the molecule is CC/C=C\C/C=C\C/C=C\C/C=C\CCC(=O)OC(COC(=O)CCCCCCC/C=C\CCCC)COP(=O)(O)OCC(CO)OC(=O)CCCCCCC/C=C\CCCCCC. The molecule has 0 amide bonds. The van der Waals surface area contributed by atoms with Crippen molar-refractivity contribution in [3.63, 3.8) is 0 Å². The summed E-state index contributed by atoms with van der Waals surface area (Å²) in [6.45, 7) is 4.34. The summed E-state index contributed by atoms with van der Waals surface area (Å²) in [6.07, 6.45) is 49.0. The Kier molecular flexibility index (Phi) is 44.2. The third-order valence-corrected chi connectivity index (χ3v) is 11.0. The van der Waals surface area contributed by atoms with Crippen LogP contribution in [0, 0.1) is 0 Å². The second-order valence-corrected chi connectivity index (χ2v) is 17.7. The van der Waals surface area contributed by atoms with Gasteiger partial charge >= 0.3 is 25.7 Å². The number of hydrogen-bond donors (Lipinski definition) is 2. The van der Waals surface area contributed by atoms with Crippen LogP contribution in [0.5, 0.6) is 0 Å². The van der Waals surface area contributed by atoms with Gasteiger partial charge in [-0.1, -0.05) is 164 Å². The first-order valence-electron chi connectivity index (χ1n) is 24.8. The molecule has 0 bridgehead atoms. The van der Waals surface area contributed by atoms with E-state index in [1.54, 1.807) is 0 Å². The number of aliphatic hydroxyl groups is 1. The summed E-state index contributed by atoms with van der Waals surface area (Å²) in [5, 5.41) is 9.75. The number of phosphoric ester groups is 1. The summed E-state index contributed by atoms with van der Waals surface area (Å²) in [5.41, 5.74) is 0. The average Bonchev–Trinajstić information content (AvgIpc) is 3.28. The Hall–Kier alpha value is -3.08. The molecule has 0 aromatic carbocycles. The normalized spacial score (nSPS) is 14.1. The Morgan fingerprint density at radius 1 is 0.453 bits per heavy atom. The van der Waals surface area contributed by atoms with Crippen LogP contribution in [-0.4, -0.2) is 66.5 Å². The van der Waals surface area contributed by atoms with Gasteiger partial charge in [-0.15, -0.1) is 0 Å². The predicted molar refractivity (Wildman–Crippen MR) is 261 cm³/mol. The van der Waals surface area contributed by atoms with Crippen molar-refractivity contribution in [1.82, 2.24) is 0 Å². The summed E-state index contributed by atoms with van der Waals surface area (Å²) >= 11 is 0. The number of phosphoric acid groups is 1. The minimum absolute atomic E-state index is 0.0426. The molecule has 0 radical (unpaired) electrons. The Morgan fingerprint density at radius 2 is 0.859 bits per heavy atom. The Bertz CT molecular complexity index is 1350. The predicted octanol–water partition coefficient (Wildman–Crippen LogP) is 13.8. The highest BCUT2D eigenvalue weighted by Gasteiger charge is 2.28. The molecule has 12 heteroatoms. The van der Waals surface area contributed by atoms with E-state index in [4.69, 9.17) is 23.3 Å². The first kappa shape index (κ1) is 60.9. The Labute approximate surface area is 388 Å². The number of unbranched alkanes of at least 4 members (excludes halogenated alkanes) is 16. The molecule has 0 saturated carbocycles. The maximum Gasteiger partial charge on any atom is 0.472 e. The zero-order chi connectivity index (χ0) is 47.0. The molecule has 0 saturated heterocycles. The van der Waals surface area contributed by atoms with Gasteiger partial charge in [-0.05, 0) is 89.9 Å². The van der Waals surface area contributed by atoms with Crippen LogP contribution in [0.2, 0.25) is 0 Å². The van der Waals surface area contributed by atoms with E-state index < -0.39 is 57.8 Å². The molecule has 11 nitrogen and oxygen atoms in total. The van der Waals surface area contributed by atoms with Crippen LogP contribution in [0.25, 0.3) is 0 Å². The van der Waals surface area contributed by atoms with E-state index >= 15 is 0 Å². The van der Waals surface area contributed by atoms with Gasteiger partial charge in [0.05, 0.1) is 19.8 Å². The molecule has 0 aliphatic carbocycles. The van der Waals surface area contributed by atoms with Crippen LogP contribution in [0.4, 0.5) is 0 Å². The molecule has 0 aromatic heterocycles. The van der Waals surface area contributed by atoms with Gasteiger partial charge in [0.25, 0.3) is 0 Å². The number of hydrogen-bond acceptors (Lipinski definition) is 10. The fraction of sp³-hybridized carbons (Fsp3) is 0.712. The second kappa shape index (κ2) is 46.4. The average molecular weight is 921 g/mol. The largest absolute Gasteiger partial charge is 0.472 e. The molecule has 0 aromatic rings. The minimum Gasteiger partial charge on any atom is -0.462 e. The van der Waals surface area contributed by atoms with Gasteiger partial charge < -0.3 is 24.2 Å². The van der Waals surface area contributed by atoms with Crippen molar-refractivity contribution in [2.45, 2.75) is 213 Å². The van der Waals surface area contributed by atoms with E-state index in [1.807, 2.05) is 12.2 Å². The van der Waals surface area contributed by atoms with Crippen LogP contribution in [0.15, 0.2) is 72.9 Å². The quantitative estimate of drug-likeness (QED) is 0.0197. The lowest BCUT2D eigenvalue weighted by Crippen LogP contribution is -2.30. The second-order valence-electron chi connectivity index (χ2n) is 16.2. The van der Waals surface area contributed by atoms with E-state index in [0.717, 1.165) is 103 Å². The van der Waals surface area contributed by atoms with Gasteiger partial charge in [-0.2, -0.15) is 0 Å². The fourth-order valence-electron chi connectivity index (χ4n) is 6.28. The molecular formula is C52H89O11P. The highest BCUT2D eigenvalue weighted by atomic mass is 31.2. The van der Waals surface area contributed by atoms with Crippen molar-refractivity contribution in [1.29, 1.82) is 0 Å². The molecular weight excluding hydrogens is 832 g/mol. The van der Waals surface area contributed by atoms with Crippen molar-refractivity contribution in [2.75, 3.05) is 26.4 Å². The number of carbonyl (C=O) groups is 3. The highest BCUT2D eigenvalue weighted by molar-refractivity contribution is 7.47. The van der Waals surface area contributed by atoms with Crippen molar-refractivity contribution < 1.29 is 52.2 Å². The number of carbonyl (C=O) groups excluding carboxylic acids is 3. The molecule has 0 aliphatic rings. The summed E-state index contributed by atoms with van der Waals surface area (Å²) in [6, 6.07) is 0. The standard InChI is InChI=1S/C52H89O11P/c1-4-7-10-13-16-19-22-24-27-30-33-36-39-42-51(55)62-48(44-53)46-60-64(57,58)61-47-49(45-59-50(54)41-38-35-32-29-26-21-18-15-12-9-6-3)63-52(56)43-40-37-34-31-28-25-23-20-17-14-11-8-5-2/h8,11,15,17-20,22,25,28,34,37,48-49,53H,4-7,9-10,12-14,16,21,23-24,26-27,29-33,35-36,38-47H2,1-3H3,(H,57,58)/b11-8-,18-15-,20-17-,22-19-,28-25-,37-34-. The van der Waals surface area contributed by atoms with E-state index in [-0.39, 0.29) is 25.9 Å².